The van der Waals surface area contributed by atoms with E-state index in [-0.39, 0.29) is 13.3 Å². The van der Waals surface area contributed by atoms with Crippen molar-refractivity contribution in [3.05, 3.63) is 0 Å². The van der Waals surface area contributed by atoms with Gasteiger partial charge in [0.1, 0.15) is 0 Å². The first-order chi connectivity index (χ1) is 7.56. The summed E-state index contributed by atoms with van der Waals surface area (Å²) >= 11 is 0. The highest BCUT2D eigenvalue weighted by Crippen LogP contribution is 2.35. The zero-order valence-electron chi connectivity index (χ0n) is 9.61. The van der Waals surface area contributed by atoms with Gasteiger partial charge in [-0.2, -0.15) is 0 Å². The van der Waals surface area contributed by atoms with Gasteiger partial charge < -0.3 is 9.79 Å². The summed E-state index contributed by atoms with van der Waals surface area (Å²) in [6.07, 6.45) is 7.54. The van der Waals surface area contributed by atoms with Crippen molar-refractivity contribution in [2.45, 2.75) is 51.4 Å². The Morgan fingerprint density at radius 3 is 1.75 bits per heavy atom. The number of phosphoric acid groups is 1. The van der Waals surface area contributed by atoms with Crippen LogP contribution in [0.1, 0.15) is 51.4 Å². The standard InChI is InChI=1S/C10H22FO4P/c11-9-7-5-3-1-2-4-6-8-10-15-16(12,13)14/h1-10H2,(H2,12,13,14). The molecule has 0 spiro atoms. The maximum absolute atomic E-state index is 11.7. The van der Waals surface area contributed by atoms with Crippen LogP contribution in [0.15, 0.2) is 0 Å². The van der Waals surface area contributed by atoms with Crippen LogP contribution in [0.4, 0.5) is 4.39 Å². The molecule has 0 bridgehead atoms. The molecule has 0 saturated heterocycles. The van der Waals surface area contributed by atoms with Gasteiger partial charge in [0, 0.05) is 0 Å². The fourth-order valence-corrected chi connectivity index (χ4v) is 1.81. The quantitative estimate of drug-likeness (QED) is 0.440. The second kappa shape index (κ2) is 10.2. The number of rotatable bonds is 11. The fraction of sp³-hybridized carbons (Fsp3) is 1.00. The third-order valence-corrected chi connectivity index (χ3v) is 2.81. The van der Waals surface area contributed by atoms with E-state index in [4.69, 9.17) is 9.79 Å². The SMILES string of the molecule is O=P(O)(O)OCCCCCCCCCCF. The largest absolute Gasteiger partial charge is 0.469 e. The lowest BCUT2D eigenvalue weighted by atomic mass is 10.1. The molecular weight excluding hydrogens is 234 g/mol. The van der Waals surface area contributed by atoms with Crippen LogP contribution in [0, 0.1) is 0 Å². The minimum absolute atomic E-state index is 0.117. The molecule has 0 aromatic rings. The Balaban J connectivity index is 3.02. The summed E-state index contributed by atoms with van der Waals surface area (Å²) in [6, 6.07) is 0. The predicted molar refractivity (Wildman–Crippen MR) is 60.9 cm³/mol. The molecule has 98 valence electrons. The Morgan fingerprint density at radius 1 is 0.875 bits per heavy atom. The molecule has 0 aromatic carbocycles. The number of hydrogen-bond donors (Lipinski definition) is 2. The molecule has 0 atom stereocenters. The lowest BCUT2D eigenvalue weighted by Crippen LogP contribution is -1.92. The van der Waals surface area contributed by atoms with Crippen LogP contribution < -0.4 is 0 Å². The molecule has 16 heavy (non-hydrogen) atoms. The molecule has 4 nitrogen and oxygen atoms in total. The first kappa shape index (κ1) is 16.0. The smallest absolute Gasteiger partial charge is 0.303 e. The van der Waals surface area contributed by atoms with Crippen molar-refractivity contribution >= 4 is 7.82 Å². The molecule has 0 aliphatic rings. The van der Waals surface area contributed by atoms with Gasteiger partial charge in [-0.1, -0.05) is 38.5 Å². The Labute approximate surface area is 96.4 Å². The third-order valence-electron chi connectivity index (χ3n) is 2.29. The molecule has 0 aliphatic carbocycles. The molecule has 0 saturated carbocycles. The summed E-state index contributed by atoms with van der Waals surface area (Å²) in [5.74, 6) is 0. The number of unbranched alkanes of at least 4 members (excludes halogenated alkanes) is 7. The monoisotopic (exact) mass is 256 g/mol. The topological polar surface area (TPSA) is 66.8 Å². The van der Waals surface area contributed by atoms with Gasteiger partial charge >= 0.3 is 7.82 Å². The van der Waals surface area contributed by atoms with Gasteiger partial charge in [0.15, 0.2) is 0 Å². The normalized spacial score (nSPS) is 11.9. The van der Waals surface area contributed by atoms with Gasteiger partial charge in [0.25, 0.3) is 0 Å². The van der Waals surface area contributed by atoms with Gasteiger partial charge in [-0.05, 0) is 12.8 Å². The van der Waals surface area contributed by atoms with E-state index in [0.717, 1.165) is 38.5 Å². The minimum Gasteiger partial charge on any atom is -0.303 e. The van der Waals surface area contributed by atoms with Gasteiger partial charge in [0.05, 0.1) is 13.3 Å². The van der Waals surface area contributed by atoms with Crippen LogP contribution >= 0.6 is 7.82 Å². The van der Waals surface area contributed by atoms with E-state index >= 15 is 0 Å². The first-order valence-corrected chi connectivity index (χ1v) is 7.35. The van der Waals surface area contributed by atoms with E-state index in [1.807, 2.05) is 0 Å². The molecule has 0 unspecified atom stereocenters. The molecule has 0 heterocycles. The molecular formula is C10H22FO4P. The molecule has 0 radical (unpaired) electrons. The lowest BCUT2D eigenvalue weighted by molar-refractivity contribution is 0.193. The van der Waals surface area contributed by atoms with Crippen LogP contribution in [0.5, 0.6) is 0 Å². The summed E-state index contributed by atoms with van der Waals surface area (Å²) in [6.45, 7) is -0.105. The van der Waals surface area contributed by atoms with Crippen molar-refractivity contribution in [3.8, 4) is 0 Å². The Hall–Kier alpha value is 0.0400. The summed E-state index contributed by atoms with van der Waals surface area (Å²) in [7, 11) is -4.28. The van der Waals surface area contributed by atoms with Crippen LogP contribution in [0.2, 0.25) is 0 Å². The molecule has 0 aliphatic heterocycles. The highest BCUT2D eigenvalue weighted by molar-refractivity contribution is 7.46. The van der Waals surface area contributed by atoms with Crippen molar-refractivity contribution in [1.29, 1.82) is 0 Å². The van der Waals surface area contributed by atoms with Gasteiger partial charge in [-0.3, -0.25) is 8.91 Å². The van der Waals surface area contributed by atoms with Crippen LogP contribution in [0.25, 0.3) is 0 Å². The zero-order chi connectivity index (χ0) is 12.3. The van der Waals surface area contributed by atoms with Gasteiger partial charge in [0.2, 0.25) is 0 Å². The minimum atomic E-state index is -4.28. The Bertz CT molecular complexity index is 195. The zero-order valence-corrected chi connectivity index (χ0v) is 10.5. The van der Waals surface area contributed by atoms with E-state index in [9.17, 15) is 8.96 Å². The van der Waals surface area contributed by atoms with Crippen LogP contribution in [-0.4, -0.2) is 23.1 Å². The van der Waals surface area contributed by atoms with Crippen molar-refractivity contribution in [2.24, 2.45) is 0 Å². The maximum Gasteiger partial charge on any atom is 0.469 e. The molecule has 0 fully saturated rings. The highest BCUT2D eigenvalue weighted by Gasteiger charge is 2.12. The lowest BCUT2D eigenvalue weighted by Gasteiger charge is -2.04. The molecule has 0 rings (SSSR count). The summed E-state index contributed by atoms with van der Waals surface area (Å²) in [5, 5.41) is 0. The Kier molecular flexibility index (Phi) is 10.2. The third kappa shape index (κ3) is 14.0. The predicted octanol–water partition coefficient (Wildman–Crippen LogP) is 3.19. The van der Waals surface area contributed by atoms with E-state index < -0.39 is 7.82 Å². The van der Waals surface area contributed by atoms with Gasteiger partial charge in [-0.15, -0.1) is 0 Å². The maximum atomic E-state index is 11.7. The van der Waals surface area contributed by atoms with Crippen molar-refractivity contribution < 1.29 is 23.3 Å². The molecule has 2 N–H and O–H groups in total. The second-order valence-electron chi connectivity index (χ2n) is 3.84. The van der Waals surface area contributed by atoms with E-state index in [1.54, 1.807) is 0 Å². The average Bonchev–Trinajstić information content (AvgIpc) is 2.19. The first-order valence-electron chi connectivity index (χ1n) is 5.82. The average molecular weight is 256 g/mol. The molecule has 0 amide bonds. The molecule has 6 heteroatoms. The van der Waals surface area contributed by atoms with E-state index in [0.29, 0.717) is 12.8 Å². The summed E-state index contributed by atoms with van der Waals surface area (Å²) in [4.78, 5) is 16.8. The van der Waals surface area contributed by atoms with Crippen LogP contribution in [-0.2, 0) is 9.09 Å². The number of alkyl halides is 1. The molecule has 0 aromatic heterocycles. The number of halogens is 1. The van der Waals surface area contributed by atoms with E-state index in [1.165, 1.54) is 0 Å². The van der Waals surface area contributed by atoms with E-state index in [2.05, 4.69) is 4.52 Å². The number of hydrogen-bond acceptors (Lipinski definition) is 2. The summed E-state index contributed by atoms with van der Waals surface area (Å²) < 4.78 is 26.3. The summed E-state index contributed by atoms with van der Waals surface area (Å²) in [5.41, 5.74) is 0. The van der Waals surface area contributed by atoms with Crippen LogP contribution in [0.3, 0.4) is 0 Å². The fourth-order valence-electron chi connectivity index (χ4n) is 1.44. The number of phosphoric ester groups is 1. The van der Waals surface area contributed by atoms with Crippen molar-refractivity contribution in [2.75, 3.05) is 13.3 Å². The van der Waals surface area contributed by atoms with Crippen molar-refractivity contribution in [3.63, 3.8) is 0 Å². The highest BCUT2D eigenvalue weighted by atomic mass is 31.2. The van der Waals surface area contributed by atoms with Gasteiger partial charge in [-0.25, -0.2) is 4.57 Å². The Morgan fingerprint density at radius 2 is 1.31 bits per heavy atom. The van der Waals surface area contributed by atoms with Crippen molar-refractivity contribution in [1.82, 2.24) is 0 Å². The second-order valence-corrected chi connectivity index (χ2v) is 5.08.